The number of carbonyl (C=O) groups excluding carboxylic acids is 1. The highest BCUT2D eigenvalue weighted by molar-refractivity contribution is 5.81. The van der Waals surface area contributed by atoms with Crippen LogP contribution in [-0.4, -0.2) is 34.6 Å². The third-order valence-corrected chi connectivity index (χ3v) is 2.14. The van der Waals surface area contributed by atoms with E-state index in [1.54, 1.807) is 19.4 Å². The summed E-state index contributed by atoms with van der Waals surface area (Å²) in [6, 6.07) is -0.239. The molecule has 16 heavy (non-hydrogen) atoms. The summed E-state index contributed by atoms with van der Waals surface area (Å²) in [5.41, 5.74) is 0. The molecule has 0 radical (unpaired) electrons. The molecule has 1 aromatic heterocycles. The molecule has 2 N–H and O–H groups in total. The van der Waals surface area contributed by atoms with Crippen LogP contribution in [-0.2, 0) is 11.3 Å². The Hall–Kier alpha value is -1.80. The van der Waals surface area contributed by atoms with E-state index < -0.39 is 0 Å². The number of imidazole rings is 1. The summed E-state index contributed by atoms with van der Waals surface area (Å²) in [5, 5.41) is 5.72. The number of hydrogen-bond acceptors (Lipinski definition) is 3. The minimum Gasteiger partial charge on any atom is -0.344 e. The summed E-state index contributed by atoms with van der Waals surface area (Å²) in [6.07, 6.45) is 10.4. The second kappa shape index (κ2) is 6.64. The Kier molecular flexibility index (Phi) is 5.09. The molecule has 1 aromatic rings. The van der Waals surface area contributed by atoms with Crippen LogP contribution in [0, 0.1) is 12.3 Å². The summed E-state index contributed by atoms with van der Waals surface area (Å²) < 4.78 is 1.94. The third kappa shape index (κ3) is 4.15. The molecule has 0 saturated heterocycles. The van der Waals surface area contributed by atoms with Crippen LogP contribution in [0.2, 0.25) is 0 Å². The van der Waals surface area contributed by atoms with Crippen molar-refractivity contribution in [1.82, 2.24) is 20.2 Å². The monoisotopic (exact) mass is 220 g/mol. The van der Waals surface area contributed by atoms with Crippen LogP contribution in [0.1, 0.15) is 6.92 Å². The van der Waals surface area contributed by atoms with E-state index in [0.717, 1.165) is 6.54 Å². The van der Waals surface area contributed by atoms with Crippen molar-refractivity contribution in [3.63, 3.8) is 0 Å². The third-order valence-electron chi connectivity index (χ3n) is 2.14. The Bertz CT molecular complexity index is 353. The van der Waals surface area contributed by atoms with Gasteiger partial charge >= 0.3 is 0 Å². The maximum atomic E-state index is 11.4. The van der Waals surface area contributed by atoms with Gasteiger partial charge in [-0.1, -0.05) is 5.92 Å². The fraction of sp³-hybridized carbons (Fsp3) is 0.455. The number of terminal acetylenes is 1. The van der Waals surface area contributed by atoms with Crippen LogP contribution in [0.5, 0.6) is 0 Å². The largest absolute Gasteiger partial charge is 0.344 e. The SMILES string of the molecule is C#CCNC(=O)C(C)NCCn1ccnc1. The molecule has 0 bridgehead atoms. The van der Waals surface area contributed by atoms with Crippen molar-refractivity contribution in [1.29, 1.82) is 0 Å². The predicted octanol–water partition coefficient (Wildman–Crippen LogP) is -0.389. The van der Waals surface area contributed by atoms with Crippen LogP contribution in [0.3, 0.4) is 0 Å². The van der Waals surface area contributed by atoms with Gasteiger partial charge < -0.3 is 15.2 Å². The number of nitrogens with zero attached hydrogens (tertiary/aromatic N) is 2. The lowest BCUT2D eigenvalue weighted by molar-refractivity contribution is -0.122. The van der Waals surface area contributed by atoms with Crippen molar-refractivity contribution in [3.8, 4) is 12.3 Å². The summed E-state index contributed by atoms with van der Waals surface area (Å²) in [5.74, 6) is 2.28. The topological polar surface area (TPSA) is 59.0 Å². The molecule has 86 valence electrons. The molecular formula is C11H16N4O. The van der Waals surface area contributed by atoms with Gasteiger partial charge in [-0.2, -0.15) is 0 Å². The number of amides is 1. The molecule has 0 aliphatic rings. The summed E-state index contributed by atoms with van der Waals surface area (Å²) in [4.78, 5) is 15.3. The van der Waals surface area contributed by atoms with Gasteiger partial charge in [0, 0.05) is 25.5 Å². The highest BCUT2D eigenvalue weighted by Crippen LogP contribution is 1.86. The van der Waals surface area contributed by atoms with E-state index in [9.17, 15) is 4.79 Å². The van der Waals surface area contributed by atoms with Gasteiger partial charge in [0.1, 0.15) is 0 Å². The van der Waals surface area contributed by atoms with Gasteiger partial charge in [-0.15, -0.1) is 6.42 Å². The fourth-order valence-electron chi connectivity index (χ4n) is 1.21. The number of carbonyl (C=O) groups is 1. The first kappa shape index (κ1) is 12.3. The zero-order chi connectivity index (χ0) is 11.8. The Balaban J connectivity index is 2.17. The van der Waals surface area contributed by atoms with Crippen LogP contribution >= 0.6 is 0 Å². The lowest BCUT2D eigenvalue weighted by atomic mass is 10.3. The number of rotatable bonds is 6. The van der Waals surface area contributed by atoms with E-state index in [1.807, 2.05) is 10.8 Å². The number of nitrogens with one attached hydrogen (secondary N) is 2. The predicted molar refractivity (Wildman–Crippen MR) is 61.5 cm³/mol. The first-order chi connectivity index (χ1) is 7.74. The summed E-state index contributed by atoms with van der Waals surface area (Å²) in [6.45, 7) is 3.57. The zero-order valence-electron chi connectivity index (χ0n) is 9.31. The Morgan fingerprint density at radius 3 is 3.12 bits per heavy atom. The quantitative estimate of drug-likeness (QED) is 0.642. The molecule has 1 rings (SSSR count). The molecule has 0 spiro atoms. The first-order valence-corrected chi connectivity index (χ1v) is 5.14. The Morgan fingerprint density at radius 1 is 1.69 bits per heavy atom. The molecule has 1 atom stereocenters. The lowest BCUT2D eigenvalue weighted by Gasteiger charge is -2.12. The molecule has 5 nitrogen and oxygen atoms in total. The summed E-state index contributed by atoms with van der Waals surface area (Å²) in [7, 11) is 0. The smallest absolute Gasteiger partial charge is 0.237 e. The molecule has 0 aliphatic carbocycles. The van der Waals surface area contributed by atoms with E-state index >= 15 is 0 Å². The second-order valence-electron chi connectivity index (χ2n) is 3.40. The van der Waals surface area contributed by atoms with E-state index in [4.69, 9.17) is 6.42 Å². The molecule has 0 aromatic carbocycles. The molecular weight excluding hydrogens is 204 g/mol. The highest BCUT2D eigenvalue weighted by atomic mass is 16.2. The molecule has 0 fully saturated rings. The number of hydrogen-bond donors (Lipinski definition) is 2. The molecule has 0 aliphatic heterocycles. The Morgan fingerprint density at radius 2 is 2.50 bits per heavy atom. The van der Waals surface area contributed by atoms with Gasteiger partial charge in [-0.05, 0) is 6.92 Å². The van der Waals surface area contributed by atoms with Gasteiger partial charge in [0.25, 0.3) is 0 Å². The van der Waals surface area contributed by atoms with Crippen molar-refractivity contribution in [3.05, 3.63) is 18.7 Å². The molecule has 1 amide bonds. The van der Waals surface area contributed by atoms with Crippen LogP contribution in [0.25, 0.3) is 0 Å². The van der Waals surface area contributed by atoms with E-state index in [-0.39, 0.29) is 18.5 Å². The highest BCUT2D eigenvalue weighted by Gasteiger charge is 2.09. The van der Waals surface area contributed by atoms with Gasteiger partial charge in [0.05, 0.1) is 18.9 Å². The maximum Gasteiger partial charge on any atom is 0.237 e. The lowest BCUT2D eigenvalue weighted by Crippen LogP contribution is -2.43. The van der Waals surface area contributed by atoms with Gasteiger partial charge in [-0.3, -0.25) is 4.79 Å². The fourth-order valence-corrected chi connectivity index (χ4v) is 1.21. The molecule has 0 saturated carbocycles. The van der Waals surface area contributed by atoms with Crippen molar-refractivity contribution in [2.75, 3.05) is 13.1 Å². The molecule has 5 heteroatoms. The standard InChI is InChI=1S/C11H16N4O/c1-3-4-14-11(16)10(2)13-6-8-15-7-5-12-9-15/h1,5,7,9-10,13H,4,6,8H2,2H3,(H,14,16). The second-order valence-corrected chi connectivity index (χ2v) is 3.40. The minimum absolute atomic E-state index is 0.0800. The van der Waals surface area contributed by atoms with E-state index in [1.165, 1.54) is 0 Å². The average Bonchev–Trinajstić information content (AvgIpc) is 2.78. The van der Waals surface area contributed by atoms with Gasteiger partial charge in [0.15, 0.2) is 0 Å². The Labute approximate surface area is 95.3 Å². The van der Waals surface area contributed by atoms with Crippen molar-refractivity contribution in [2.45, 2.75) is 19.5 Å². The minimum atomic E-state index is -0.239. The molecule has 1 unspecified atom stereocenters. The van der Waals surface area contributed by atoms with E-state index in [0.29, 0.717) is 6.54 Å². The van der Waals surface area contributed by atoms with Gasteiger partial charge in [-0.25, -0.2) is 4.98 Å². The molecule has 1 heterocycles. The van der Waals surface area contributed by atoms with Gasteiger partial charge in [0.2, 0.25) is 5.91 Å². The summed E-state index contributed by atoms with van der Waals surface area (Å²) >= 11 is 0. The normalized spacial score (nSPS) is 11.8. The number of aromatic nitrogens is 2. The maximum absolute atomic E-state index is 11.4. The van der Waals surface area contributed by atoms with Crippen LogP contribution < -0.4 is 10.6 Å². The van der Waals surface area contributed by atoms with Crippen LogP contribution in [0.4, 0.5) is 0 Å². The first-order valence-electron chi connectivity index (χ1n) is 5.14. The van der Waals surface area contributed by atoms with Crippen molar-refractivity contribution < 1.29 is 4.79 Å². The van der Waals surface area contributed by atoms with E-state index in [2.05, 4.69) is 21.5 Å². The zero-order valence-corrected chi connectivity index (χ0v) is 9.31. The van der Waals surface area contributed by atoms with Crippen molar-refractivity contribution >= 4 is 5.91 Å². The van der Waals surface area contributed by atoms with Crippen LogP contribution in [0.15, 0.2) is 18.7 Å². The average molecular weight is 220 g/mol. The van der Waals surface area contributed by atoms with Crippen molar-refractivity contribution in [2.24, 2.45) is 0 Å².